The largest absolute Gasteiger partial charge is 0.497 e. The van der Waals surface area contributed by atoms with Gasteiger partial charge in [0.05, 0.1) is 12.7 Å². The van der Waals surface area contributed by atoms with E-state index in [-0.39, 0.29) is 6.04 Å². The van der Waals surface area contributed by atoms with Crippen LogP contribution in [0, 0.1) is 13.8 Å². The van der Waals surface area contributed by atoms with E-state index in [1.807, 2.05) is 39.8 Å². The standard InChI is InChI=1S/C16H21N3O2/c1-9(2)19-16(17)13(8-20)15(18-19)14-10(3)6-12(21-5)7-11(14)4/h6-9H,17H2,1-5H3. The molecule has 0 aliphatic heterocycles. The van der Waals surface area contributed by atoms with Crippen LogP contribution in [0.3, 0.4) is 0 Å². The highest BCUT2D eigenvalue weighted by atomic mass is 16.5. The molecule has 112 valence electrons. The quantitative estimate of drug-likeness (QED) is 0.877. The molecule has 0 aliphatic carbocycles. The van der Waals surface area contributed by atoms with Crippen LogP contribution in [-0.4, -0.2) is 23.2 Å². The highest BCUT2D eigenvalue weighted by molar-refractivity contribution is 5.93. The van der Waals surface area contributed by atoms with E-state index >= 15 is 0 Å². The van der Waals surface area contributed by atoms with Gasteiger partial charge in [0.25, 0.3) is 0 Å². The number of benzene rings is 1. The lowest BCUT2D eigenvalue weighted by molar-refractivity contribution is 0.112. The van der Waals surface area contributed by atoms with E-state index in [0.717, 1.165) is 28.7 Å². The number of nitrogens with zero attached hydrogens (tertiary/aromatic N) is 2. The van der Waals surface area contributed by atoms with Crippen molar-refractivity contribution in [3.8, 4) is 17.0 Å². The van der Waals surface area contributed by atoms with Gasteiger partial charge in [-0.05, 0) is 51.0 Å². The van der Waals surface area contributed by atoms with Gasteiger partial charge >= 0.3 is 0 Å². The first-order valence-corrected chi connectivity index (χ1v) is 6.89. The number of hydrogen-bond acceptors (Lipinski definition) is 4. The molecule has 0 aliphatic rings. The van der Waals surface area contributed by atoms with Crippen LogP contribution in [0.1, 0.15) is 41.4 Å². The Morgan fingerprint density at radius 3 is 2.29 bits per heavy atom. The predicted octanol–water partition coefficient (Wildman–Crippen LogP) is 3.15. The number of carbonyl (C=O) groups is 1. The Morgan fingerprint density at radius 1 is 1.29 bits per heavy atom. The van der Waals surface area contributed by atoms with Crippen molar-refractivity contribution in [3.63, 3.8) is 0 Å². The number of anilines is 1. The number of carbonyl (C=O) groups excluding carboxylic acids is 1. The molecule has 0 fully saturated rings. The van der Waals surface area contributed by atoms with Gasteiger partial charge in [-0.1, -0.05) is 0 Å². The Balaban J connectivity index is 2.73. The van der Waals surface area contributed by atoms with E-state index in [2.05, 4.69) is 5.10 Å². The van der Waals surface area contributed by atoms with Crippen molar-refractivity contribution in [2.75, 3.05) is 12.8 Å². The zero-order chi connectivity index (χ0) is 15.7. The predicted molar refractivity (Wildman–Crippen MR) is 83.9 cm³/mol. The average molecular weight is 287 g/mol. The zero-order valence-corrected chi connectivity index (χ0v) is 13.1. The van der Waals surface area contributed by atoms with Crippen molar-refractivity contribution in [2.45, 2.75) is 33.7 Å². The van der Waals surface area contributed by atoms with Crippen LogP contribution >= 0.6 is 0 Å². The fraction of sp³-hybridized carbons (Fsp3) is 0.375. The number of nitrogens with two attached hydrogens (primary N) is 1. The molecule has 1 aromatic heterocycles. The molecular weight excluding hydrogens is 266 g/mol. The van der Waals surface area contributed by atoms with Gasteiger partial charge in [-0.15, -0.1) is 0 Å². The Morgan fingerprint density at radius 2 is 1.86 bits per heavy atom. The average Bonchev–Trinajstić information content (AvgIpc) is 2.74. The van der Waals surface area contributed by atoms with E-state index in [1.165, 1.54) is 0 Å². The van der Waals surface area contributed by atoms with Crippen molar-refractivity contribution in [3.05, 3.63) is 28.8 Å². The number of rotatable bonds is 4. The van der Waals surface area contributed by atoms with E-state index < -0.39 is 0 Å². The number of hydrogen-bond donors (Lipinski definition) is 1. The SMILES string of the molecule is COc1cc(C)c(-c2nn(C(C)C)c(N)c2C=O)c(C)c1. The molecule has 0 radical (unpaired) electrons. The van der Waals surface area contributed by atoms with Gasteiger partial charge < -0.3 is 10.5 Å². The number of methoxy groups -OCH3 is 1. The molecule has 0 saturated carbocycles. The van der Waals surface area contributed by atoms with Gasteiger partial charge in [-0.3, -0.25) is 4.79 Å². The van der Waals surface area contributed by atoms with Crippen LogP contribution in [0.15, 0.2) is 12.1 Å². The molecule has 0 amide bonds. The third kappa shape index (κ3) is 2.51. The summed E-state index contributed by atoms with van der Waals surface area (Å²) in [6.07, 6.45) is 0.777. The minimum Gasteiger partial charge on any atom is -0.497 e. The minimum atomic E-state index is 0.0938. The molecule has 1 heterocycles. The Kier molecular flexibility index (Phi) is 4.02. The maximum atomic E-state index is 11.4. The van der Waals surface area contributed by atoms with Crippen LogP contribution in [0.2, 0.25) is 0 Å². The smallest absolute Gasteiger partial charge is 0.156 e. The summed E-state index contributed by atoms with van der Waals surface area (Å²) in [6.45, 7) is 7.92. The normalized spacial score (nSPS) is 11.0. The van der Waals surface area contributed by atoms with Crippen molar-refractivity contribution < 1.29 is 9.53 Å². The molecule has 0 unspecified atom stereocenters. The highest BCUT2D eigenvalue weighted by Crippen LogP contribution is 2.34. The zero-order valence-electron chi connectivity index (χ0n) is 13.1. The lowest BCUT2D eigenvalue weighted by Gasteiger charge is -2.11. The number of aldehydes is 1. The summed E-state index contributed by atoms with van der Waals surface area (Å²) in [5.41, 5.74) is 10.1. The van der Waals surface area contributed by atoms with Crippen LogP contribution < -0.4 is 10.5 Å². The summed E-state index contributed by atoms with van der Waals surface area (Å²) in [4.78, 5) is 11.4. The lowest BCUT2D eigenvalue weighted by Crippen LogP contribution is -2.07. The van der Waals surface area contributed by atoms with Crippen LogP contribution in [0.5, 0.6) is 5.75 Å². The summed E-state index contributed by atoms with van der Waals surface area (Å²) in [5.74, 6) is 1.20. The molecule has 0 bridgehead atoms. The van der Waals surface area contributed by atoms with Gasteiger partial charge in [0.15, 0.2) is 6.29 Å². The van der Waals surface area contributed by atoms with E-state index in [0.29, 0.717) is 17.1 Å². The number of aromatic nitrogens is 2. The second-order valence-electron chi connectivity index (χ2n) is 5.44. The maximum Gasteiger partial charge on any atom is 0.156 e. The third-order valence-electron chi connectivity index (χ3n) is 3.57. The first-order chi connectivity index (χ1) is 9.90. The summed E-state index contributed by atoms with van der Waals surface area (Å²) in [7, 11) is 1.64. The highest BCUT2D eigenvalue weighted by Gasteiger charge is 2.21. The Labute approximate surface area is 124 Å². The summed E-state index contributed by atoms with van der Waals surface area (Å²) in [6, 6.07) is 3.96. The molecular formula is C16H21N3O2. The number of nitrogen functional groups attached to an aromatic ring is 1. The molecule has 0 saturated heterocycles. The molecule has 2 N–H and O–H groups in total. The molecule has 1 aromatic carbocycles. The molecule has 21 heavy (non-hydrogen) atoms. The van der Waals surface area contributed by atoms with Crippen LogP contribution in [0.4, 0.5) is 5.82 Å². The van der Waals surface area contributed by atoms with Crippen LogP contribution in [0.25, 0.3) is 11.3 Å². The van der Waals surface area contributed by atoms with E-state index in [9.17, 15) is 4.79 Å². The summed E-state index contributed by atoms with van der Waals surface area (Å²) in [5, 5.41) is 4.55. The Bertz CT molecular complexity index is 664. The van der Waals surface area contributed by atoms with Gasteiger partial charge in [-0.25, -0.2) is 4.68 Å². The van der Waals surface area contributed by atoms with Crippen molar-refractivity contribution in [2.24, 2.45) is 0 Å². The van der Waals surface area contributed by atoms with Crippen molar-refractivity contribution in [1.29, 1.82) is 0 Å². The molecule has 2 aromatic rings. The summed E-state index contributed by atoms with van der Waals surface area (Å²) >= 11 is 0. The van der Waals surface area contributed by atoms with Crippen molar-refractivity contribution >= 4 is 12.1 Å². The second kappa shape index (κ2) is 5.60. The topological polar surface area (TPSA) is 70.1 Å². The first kappa shape index (κ1) is 15.1. The van der Waals surface area contributed by atoms with E-state index in [1.54, 1.807) is 11.8 Å². The number of aryl methyl sites for hydroxylation is 2. The summed E-state index contributed by atoms with van der Waals surface area (Å²) < 4.78 is 6.95. The van der Waals surface area contributed by atoms with Crippen molar-refractivity contribution in [1.82, 2.24) is 9.78 Å². The maximum absolute atomic E-state index is 11.4. The Hall–Kier alpha value is -2.30. The van der Waals surface area contributed by atoms with Gasteiger partial charge in [0.2, 0.25) is 0 Å². The lowest BCUT2D eigenvalue weighted by atomic mass is 9.97. The molecule has 5 heteroatoms. The van der Waals surface area contributed by atoms with Gasteiger partial charge in [0, 0.05) is 11.6 Å². The minimum absolute atomic E-state index is 0.0938. The fourth-order valence-corrected chi connectivity index (χ4v) is 2.57. The second-order valence-corrected chi connectivity index (χ2v) is 5.44. The van der Waals surface area contributed by atoms with Gasteiger partial charge in [0.1, 0.15) is 17.3 Å². The third-order valence-corrected chi connectivity index (χ3v) is 3.57. The molecule has 0 spiro atoms. The molecule has 2 rings (SSSR count). The fourth-order valence-electron chi connectivity index (χ4n) is 2.57. The molecule has 5 nitrogen and oxygen atoms in total. The first-order valence-electron chi connectivity index (χ1n) is 6.89. The van der Waals surface area contributed by atoms with E-state index in [4.69, 9.17) is 10.5 Å². The monoisotopic (exact) mass is 287 g/mol. The number of ether oxygens (including phenoxy) is 1. The van der Waals surface area contributed by atoms with Crippen LogP contribution in [-0.2, 0) is 0 Å². The molecule has 0 atom stereocenters. The van der Waals surface area contributed by atoms with Gasteiger partial charge in [-0.2, -0.15) is 5.10 Å².